The lowest BCUT2D eigenvalue weighted by molar-refractivity contribution is 0.0937. The Morgan fingerprint density at radius 2 is 1.83 bits per heavy atom. The lowest BCUT2D eigenvalue weighted by Gasteiger charge is -2.15. The fourth-order valence-electron chi connectivity index (χ4n) is 2.02. The first-order valence-corrected chi connectivity index (χ1v) is 6.02. The second-order valence-electron chi connectivity index (χ2n) is 4.28. The van der Waals surface area contributed by atoms with Crippen LogP contribution in [0.4, 0.5) is 13.2 Å². The molecule has 2 atom stereocenters. The van der Waals surface area contributed by atoms with Gasteiger partial charge in [0.1, 0.15) is 0 Å². The number of rotatable bonds is 2. The third kappa shape index (κ3) is 2.61. The Balaban J connectivity index is 2.14. The van der Waals surface area contributed by atoms with Crippen LogP contribution in [0.5, 0.6) is 0 Å². The number of benzene rings is 1. The van der Waals surface area contributed by atoms with Crippen molar-refractivity contribution in [2.45, 2.75) is 30.7 Å². The zero-order chi connectivity index (χ0) is 13.3. The van der Waals surface area contributed by atoms with E-state index < -0.39 is 23.4 Å². The van der Waals surface area contributed by atoms with Gasteiger partial charge in [0, 0.05) is 11.6 Å². The maximum Gasteiger partial charge on any atom is 0.251 e. The summed E-state index contributed by atoms with van der Waals surface area (Å²) in [6.07, 6.45) is 2.41. The molecule has 1 aliphatic carbocycles. The van der Waals surface area contributed by atoms with Crippen molar-refractivity contribution in [3.05, 3.63) is 35.1 Å². The molecule has 0 saturated heterocycles. The van der Waals surface area contributed by atoms with E-state index in [1.807, 2.05) is 0 Å². The maximum absolute atomic E-state index is 13.0. The van der Waals surface area contributed by atoms with Gasteiger partial charge in [0.2, 0.25) is 0 Å². The molecule has 1 aliphatic rings. The minimum atomic E-state index is -1.58. The number of alkyl halides is 1. The van der Waals surface area contributed by atoms with Crippen LogP contribution in [0.25, 0.3) is 0 Å². The van der Waals surface area contributed by atoms with Crippen molar-refractivity contribution in [2.75, 3.05) is 0 Å². The highest BCUT2D eigenvalue weighted by atomic mass is 35.5. The molecular weight excluding hydrogens is 267 g/mol. The average molecular weight is 278 g/mol. The van der Waals surface area contributed by atoms with E-state index in [-0.39, 0.29) is 17.0 Å². The summed E-state index contributed by atoms with van der Waals surface area (Å²) in [4.78, 5) is 11.7. The zero-order valence-electron chi connectivity index (χ0n) is 9.35. The lowest BCUT2D eigenvalue weighted by atomic mass is 10.1. The van der Waals surface area contributed by atoms with Crippen LogP contribution < -0.4 is 5.32 Å². The molecule has 1 aromatic rings. The monoisotopic (exact) mass is 277 g/mol. The minimum absolute atomic E-state index is 0.177. The third-order valence-corrected chi connectivity index (χ3v) is 3.52. The third-order valence-electron chi connectivity index (χ3n) is 2.99. The van der Waals surface area contributed by atoms with Gasteiger partial charge < -0.3 is 5.32 Å². The van der Waals surface area contributed by atoms with Gasteiger partial charge in [-0.15, -0.1) is 11.6 Å². The van der Waals surface area contributed by atoms with Crippen LogP contribution in [0.15, 0.2) is 12.1 Å². The normalized spacial score (nSPS) is 23.1. The van der Waals surface area contributed by atoms with Crippen molar-refractivity contribution in [2.24, 2.45) is 0 Å². The van der Waals surface area contributed by atoms with Crippen LogP contribution in [0.2, 0.25) is 0 Å². The molecule has 2 unspecified atom stereocenters. The van der Waals surface area contributed by atoms with E-state index in [1.54, 1.807) is 0 Å². The van der Waals surface area contributed by atoms with E-state index in [0.717, 1.165) is 19.3 Å². The van der Waals surface area contributed by atoms with Crippen molar-refractivity contribution in [1.29, 1.82) is 0 Å². The molecule has 6 heteroatoms. The summed E-state index contributed by atoms with van der Waals surface area (Å²) in [5.41, 5.74) is -0.248. The summed E-state index contributed by atoms with van der Waals surface area (Å²) < 4.78 is 38.7. The van der Waals surface area contributed by atoms with Gasteiger partial charge in [-0.1, -0.05) is 0 Å². The number of hydrogen-bond donors (Lipinski definition) is 1. The fraction of sp³-hybridized carbons (Fsp3) is 0.417. The van der Waals surface area contributed by atoms with E-state index in [1.165, 1.54) is 0 Å². The molecule has 0 spiro atoms. The van der Waals surface area contributed by atoms with Crippen molar-refractivity contribution in [3.63, 3.8) is 0 Å². The molecule has 2 rings (SSSR count). The maximum atomic E-state index is 13.0. The Labute approximate surface area is 107 Å². The number of nitrogens with one attached hydrogen (secondary N) is 1. The van der Waals surface area contributed by atoms with Crippen molar-refractivity contribution in [1.82, 2.24) is 5.32 Å². The Morgan fingerprint density at radius 3 is 2.33 bits per heavy atom. The smallest absolute Gasteiger partial charge is 0.251 e. The number of amides is 1. The summed E-state index contributed by atoms with van der Waals surface area (Å²) in [7, 11) is 0. The van der Waals surface area contributed by atoms with Gasteiger partial charge in [0.25, 0.3) is 5.91 Å². The number of carbonyl (C=O) groups is 1. The van der Waals surface area contributed by atoms with Gasteiger partial charge >= 0.3 is 0 Å². The van der Waals surface area contributed by atoms with Gasteiger partial charge in [0.15, 0.2) is 17.5 Å². The number of carbonyl (C=O) groups excluding carboxylic acids is 1. The molecule has 1 aromatic carbocycles. The molecule has 98 valence electrons. The number of halogens is 4. The quantitative estimate of drug-likeness (QED) is 0.653. The predicted molar refractivity (Wildman–Crippen MR) is 61.1 cm³/mol. The van der Waals surface area contributed by atoms with Gasteiger partial charge in [-0.05, 0) is 31.4 Å². The zero-order valence-corrected chi connectivity index (χ0v) is 10.1. The summed E-state index contributed by atoms with van der Waals surface area (Å²) in [6, 6.07) is 1.13. The number of hydrogen-bond acceptors (Lipinski definition) is 1. The molecule has 2 nitrogen and oxygen atoms in total. The largest absolute Gasteiger partial charge is 0.348 e. The predicted octanol–water partition coefficient (Wildman–Crippen LogP) is 2.99. The van der Waals surface area contributed by atoms with Gasteiger partial charge in [-0.3, -0.25) is 4.79 Å². The fourth-order valence-corrected chi connectivity index (χ4v) is 2.36. The van der Waals surface area contributed by atoms with Crippen LogP contribution in [0, 0.1) is 17.5 Å². The average Bonchev–Trinajstić information content (AvgIpc) is 2.71. The first kappa shape index (κ1) is 13.2. The van der Waals surface area contributed by atoms with Crippen LogP contribution in [-0.2, 0) is 0 Å². The SMILES string of the molecule is O=C(NC1CCCC1Cl)c1cc(F)c(F)c(F)c1. The van der Waals surface area contributed by atoms with Crippen molar-refractivity contribution >= 4 is 17.5 Å². The minimum Gasteiger partial charge on any atom is -0.348 e. The van der Waals surface area contributed by atoms with Crippen LogP contribution in [0.1, 0.15) is 29.6 Å². The molecule has 0 bridgehead atoms. The molecule has 18 heavy (non-hydrogen) atoms. The van der Waals surface area contributed by atoms with Gasteiger partial charge in [-0.25, -0.2) is 13.2 Å². The molecule has 0 radical (unpaired) electrons. The summed E-state index contributed by atoms with van der Waals surface area (Å²) >= 11 is 5.97. The first-order valence-electron chi connectivity index (χ1n) is 5.58. The molecular formula is C12H11ClF3NO. The summed E-state index contributed by atoms with van der Waals surface area (Å²) in [5.74, 6) is -4.99. The molecule has 1 N–H and O–H groups in total. The summed E-state index contributed by atoms with van der Waals surface area (Å²) in [6.45, 7) is 0. The van der Waals surface area contributed by atoms with Crippen LogP contribution in [-0.4, -0.2) is 17.3 Å². The Kier molecular flexibility index (Phi) is 3.80. The highest BCUT2D eigenvalue weighted by Gasteiger charge is 2.27. The Hall–Kier alpha value is -1.23. The molecule has 0 heterocycles. The van der Waals surface area contributed by atoms with Gasteiger partial charge in [0.05, 0.1) is 5.38 Å². The molecule has 0 aromatic heterocycles. The van der Waals surface area contributed by atoms with E-state index >= 15 is 0 Å². The molecule has 1 saturated carbocycles. The topological polar surface area (TPSA) is 29.1 Å². The lowest BCUT2D eigenvalue weighted by Crippen LogP contribution is -2.38. The highest BCUT2D eigenvalue weighted by Crippen LogP contribution is 2.24. The summed E-state index contributed by atoms with van der Waals surface area (Å²) in [5, 5.41) is 2.42. The van der Waals surface area contributed by atoms with Gasteiger partial charge in [-0.2, -0.15) is 0 Å². The van der Waals surface area contributed by atoms with E-state index in [4.69, 9.17) is 11.6 Å². The second-order valence-corrected chi connectivity index (χ2v) is 4.84. The second kappa shape index (κ2) is 5.18. The van der Waals surface area contributed by atoms with Crippen LogP contribution in [0.3, 0.4) is 0 Å². The molecule has 1 fully saturated rings. The standard InChI is InChI=1S/C12H11ClF3NO/c13-7-2-1-3-10(7)17-12(18)6-4-8(14)11(16)9(15)5-6/h4-5,7,10H,1-3H2,(H,17,18). The first-order chi connectivity index (χ1) is 8.49. The Bertz CT molecular complexity index is 457. The van der Waals surface area contributed by atoms with Crippen molar-refractivity contribution < 1.29 is 18.0 Å². The Morgan fingerprint density at radius 1 is 1.22 bits per heavy atom. The van der Waals surface area contributed by atoms with Crippen molar-refractivity contribution in [3.8, 4) is 0 Å². The van der Waals surface area contributed by atoms with E-state index in [2.05, 4.69) is 5.32 Å². The van der Waals surface area contributed by atoms with E-state index in [0.29, 0.717) is 12.1 Å². The van der Waals surface area contributed by atoms with E-state index in [9.17, 15) is 18.0 Å². The molecule has 1 amide bonds. The molecule has 0 aliphatic heterocycles. The highest BCUT2D eigenvalue weighted by molar-refractivity contribution is 6.21. The van der Waals surface area contributed by atoms with Crippen LogP contribution >= 0.6 is 11.6 Å².